The summed E-state index contributed by atoms with van der Waals surface area (Å²) in [6, 6.07) is 0. The summed E-state index contributed by atoms with van der Waals surface area (Å²) < 4.78 is -1.31. The van der Waals surface area contributed by atoms with Crippen LogP contribution in [-0.2, 0) is 0 Å². The van der Waals surface area contributed by atoms with Crippen molar-refractivity contribution in [1.29, 1.82) is 0 Å². The minimum absolute atomic E-state index is 0.188. The molecule has 0 N–H and O–H groups in total. The van der Waals surface area contributed by atoms with E-state index in [-0.39, 0.29) is 13.1 Å². The predicted octanol–water partition coefficient (Wildman–Crippen LogP) is -0.138. The molecule has 1 rings (SSSR count). The summed E-state index contributed by atoms with van der Waals surface area (Å²) in [5.74, 6) is 0. The van der Waals surface area contributed by atoms with Crippen molar-refractivity contribution in [1.82, 2.24) is 5.01 Å². The normalized spacial score (nSPS) is 20.6. The largest absolute Gasteiger partial charge is 0.320 e. The van der Waals surface area contributed by atoms with Gasteiger partial charge in [0.25, 0.3) is 0 Å². The minimum atomic E-state index is -1.31. The highest BCUT2D eigenvalue weighted by molar-refractivity contribution is 9.10. The van der Waals surface area contributed by atoms with E-state index in [2.05, 4.69) is 15.9 Å². The number of hydrogen-bond acceptors (Lipinski definition) is 4. The van der Waals surface area contributed by atoms with Crippen LogP contribution in [0, 0.1) is 20.2 Å². The van der Waals surface area contributed by atoms with E-state index in [1.165, 1.54) is 0 Å². The molecule has 7 nitrogen and oxygen atoms in total. The molecule has 8 heteroatoms. The molecule has 0 atom stereocenters. The molecule has 0 aromatic carbocycles. The average molecular weight is 226 g/mol. The van der Waals surface area contributed by atoms with Crippen molar-refractivity contribution in [2.75, 3.05) is 13.1 Å². The predicted molar refractivity (Wildman–Crippen MR) is 37.2 cm³/mol. The molecule has 0 aliphatic carbocycles. The second-order valence-corrected chi connectivity index (χ2v) is 3.71. The fourth-order valence-corrected chi connectivity index (χ4v) is 1.32. The molecule has 1 fully saturated rings. The van der Waals surface area contributed by atoms with E-state index >= 15 is 0 Å². The van der Waals surface area contributed by atoms with Gasteiger partial charge in [0.1, 0.15) is 0 Å². The van der Waals surface area contributed by atoms with Gasteiger partial charge in [0.05, 0.1) is 0 Å². The second-order valence-electron chi connectivity index (χ2n) is 2.24. The van der Waals surface area contributed by atoms with E-state index < -0.39 is 14.4 Å². The zero-order valence-electron chi connectivity index (χ0n) is 5.27. The smallest absolute Gasteiger partial charge is 0.263 e. The number of hydrogen-bond donors (Lipinski definition) is 0. The van der Waals surface area contributed by atoms with E-state index in [9.17, 15) is 20.2 Å². The Morgan fingerprint density at radius 1 is 1.36 bits per heavy atom. The van der Waals surface area contributed by atoms with E-state index in [1.54, 1.807) is 0 Å². The van der Waals surface area contributed by atoms with Gasteiger partial charge < -0.3 is 0 Å². The Hall–Kier alpha value is -0.920. The summed E-state index contributed by atoms with van der Waals surface area (Å²) in [6.07, 6.45) is 0. The van der Waals surface area contributed by atoms with E-state index in [0.29, 0.717) is 0 Å². The fourth-order valence-electron chi connectivity index (χ4n) is 0.744. The Kier molecular flexibility index (Phi) is 1.70. The monoisotopic (exact) mass is 225 g/mol. The van der Waals surface area contributed by atoms with E-state index in [1.807, 2.05) is 0 Å². The van der Waals surface area contributed by atoms with Crippen molar-refractivity contribution < 1.29 is 9.96 Å². The van der Waals surface area contributed by atoms with Gasteiger partial charge in [-0.2, -0.15) is 0 Å². The van der Waals surface area contributed by atoms with Crippen molar-refractivity contribution in [3.63, 3.8) is 0 Å². The van der Waals surface area contributed by atoms with Crippen LogP contribution in [0.1, 0.15) is 0 Å². The van der Waals surface area contributed by atoms with Gasteiger partial charge in [-0.15, -0.1) is 5.01 Å². The van der Waals surface area contributed by atoms with Gasteiger partial charge in [-0.3, -0.25) is 10.1 Å². The Morgan fingerprint density at radius 3 is 2.09 bits per heavy atom. The Bertz CT molecular complexity index is 213. The van der Waals surface area contributed by atoms with Crippen LogP contribution < -0.4 is 0 Å². The first-order chi connectivity index (χ1) is 4.96. The van der Waals surface area contributed by atoms with Crippen LogP contribution in [0.3, 0.4) is 0 Å². The summed E-state index contributed by atoms with van der Waals surface area (Å²) in [4.78, 5) is 19.6. The first kappa shape index (κ1) is 8.18. The molecule has 0 amide bonds. The summed E-state index contributed by atoms with van der Waals surface area (Å²) in [6.45, 7) is -0.375. The Labute approximate surface area is 69.4 Å². The number of hydrazine groups is 1. The molecule has 1 saturated heterocycles. The molecule has 62 valence electrons. The van der Waals surface area contributed by atoms with Gasteiger partial charge in [-0.05, 0) is 0 Å². The molecule has 1 aliphatic heterocycles. The molecule has 1 aliphatic rings. The van der Waals surface area contributed by atoms with Gasteiger partial charge in [-0.25, -0.2) is 10.1 Å². The maximum atomic E-state index is 10.2. The highest BCUT2D eigenvalue weighted by atomic mass is 79.9. The molecular formula is C3H4BrN3O4. The van der Waals surface area contributed by atoms with Crippen LogP contribution in [0.4, 0.5) is 0 Å². The average Bonchev–Trinajstić information content (AvgIpc) is 1.79. The third-order valence-corrected chi connectivity index (χ3v) is 2.20. The molecule has 0 aromatic heterocycles. The lowest BCUT2D eigenvalue weighted by Gasteiger charge is -2.32. The number of rotatable bonds is 2. The maximum Gasteiger partial charge on any atom is 0.320 e. The van der Waals surface area contributed by atoms with Crippen molar-refractivity contribution in [2.45, 2.75) is 4.45 Å². The topological polar surface area (TPSA) is 89.5 Å². The molecule has 0 unspecified atom stereocenters. The van der Waals surface area contributed by atoms with Crippen LogP contribution in [0.2, 0.25) is 0 Å². The number of alkyl halides is 1. The van der Waals surface area contributed by atoms with Crippen molar-refractivity contribution in [2.24, 2.45) is 0 Å². The molecule has 0 radical (unpaired) electrons. The number of nitro groups is 2. The van der Waals surface area contributed by atoms with Crippen molar-refractivity contribution >= 4 is 15.9 Å². The fraction of sp³-hybridized carbons (Fsp3) is 1.00. The lowest BCUT2D eigenvalue weighted by Crippen LogP contribution is -2.63. The number of halogens is 1. The third kappa shape index (κ3) is 1.25. The van der Waals surface area contributed by atoms with Crippen LogP contribution in [0.15, 0.2) is 0 Å². The first-order valence-electron chi connectivity index (χ1n) is 2.68. The van der Waals surface area contributed by atoms with Gasteiger partial charge in [-0.1, -0.05) is 0 Å². The van der Waals surface area contributed by atoms with E-state index in [4.69, 9.17) is 0 Å². The third-order valence-electron chi connectivity index (χ3n) is 1.41. The molecule has 0 saturated carbocycles. The molecule has 0 aromatic rings. The molecule has 11 heavy (non-hydrogen) atoms. The summed E-state index contributed by atoms with van der Waals surface area (Å²) >= 11 is 2.80. The standard InChI is InChI=1S/C3H4BrN3O4/c4-3(6(8)9)1-5(2-3)7(10)11/h1-2H2. The van der Waals surface area contributed by atoms with Crippen molar-refractivity contribution in [3.05, 3.63) is 20.2 Å². The van der Waals surface area contributed by atoms with Gasteiger partial charge in [0.2, 0.25) is 0 Å². The highest BCUT2D eigenvalue weighted by Crippen LogP contribution is 2.30. The van der Waals surface area contributed by atoms with Gasteiger partial charge >= 0.3 is 4.45 Å². The minimum Gasteiger partial charge on any atom is -0.263 e. The summed E-state index contributed by atoms with van der Waals surface area (Å²) in [5.41, 5.74) is 0. The quantitative estimate of drug-likeness (QED) is 0.283. The SMILES string of the molecule is O=[N+]([O-])N1CC(Br)([N+](=O)[O-])C1. The lowest BCUT2D eigenvalue weighted by molar-refractivity contribution is -0.708. The van der Waals surface area contributed by atoms with E-state index in [0.717, 1.165) is 5.01 Å². The molecule has 1 heterocycles. The highest BCUT2D eigenvalue weighted by Gasteiger charge is 2.57. The summed E-state index contributed by atoms with van der Waals surface area (Å²) in [7, 11) is 0. The summed E-state index contributed by atoms with van der Waals surface area (Å²) in [5, 5.41) is 20.3. The second kappa shape index (κ2) is 2.29. The lowest BCUT2D eigenvalue weighted by atomic mass is 10.2. The maximum absolute atomic E-state index is 10.2. The zero-order chi connectivity index (χ0) is 8.65. The van der Waals surface area contributed by atoms with Crippen LogP contribution in [0.5, 0.6) is 0 Å². The van der Waals surface area contributed by atoms with Gasteiger partial charge in [0.15, 0.2) is 18.1 Å². The Balaban J connectivity index is 2.50. The first-order valence-corrected chi connectivity index (χ1v) is 3.48. The molecule has 0 bridgehead atoms. The molecule has 0 spiro atoms. The van der Waals surface area contributed by atoms with Crippen molar-refractivity contribution in [3.8, 4) is 0 Å². The Morgan fingerprint density at radius 2 is 1.82 bits per heavy atom. The van der Waals surface area contributed by atoms with Crippen LogP contribution in [-0.4, -0.2) is 32.5 Å². The molecular weight excluding hydrogens is 222 g/mol. The number of nitrogens with zero attached hydrogens (tertiary/aromatic N) is 3. The van der Waals surface area contributed by atoms with Crippen LogP contribution >= 0.6 is 15.9 Å². The van der Waals surface area contributed by atoms with Crippen LogP contribution in [0.25, 0.3) is 0 Å². The van der Waals surface area contributed by atoms with Gasteiger partial charge in [0, 0.05) is 20.9 Å². The zero-order valence-corrected chi connectivity index (χ0v) is 6.85.